The van der Waals surface area contributed by atoms with Gasteiger partial charge in [0.05, 0.1) is 11.0 Å². The van der Waals surface area contributed by atoms with Crippen molar-refractivity contribution in [3.05, 3.63) is 83.7 Å². The minimum atomic E-state index is -5.84. The molecule has 0 unspecified atom stereocenters. The number of aromatic nitrogens is 2. The molecule has 1 aromatic heterocycles. The van der Waals surface area contributed by atoms with Gasteiger partial charge in [0.1, 0.15) is 5.82 Å². The monoisotopic (exact) mass is 558 g/mol. The molecule has 4 aromatic rings. The highest BCUT2D eigenvalue weighted by Gasteiger charge is 2.47. The van der Waals surface area contributed by atoms with Crippen LogP contribution in [0.1, 0.15) is 41.5 Å². The van der Waals surface area contributed by atoms with Gasteiger partial charge in [0.15, 0.2) is 0 Å². The molecule has 0 atom stereocenters. The minimum absolute atomic E-state index is 0.208. The van der Waals surface area contributed by atoms with E-state index in [1.807, 2.05) is 18.2 Å². The first-order valence-electron chi connectivity index (χ1n) is 12.0. The van der Waals surface area contributed by atoms with Crippen LogP contribution in [0.15, 0.2) is 66.7 Å². The molecule has 0 saturated heterocycles. The Morgan fingerprint density at radius 1 is 1.05 bits per heavy atom. The van der Waals surface area contributed by atoms with Gasteiger partial charge >= 0.3 is 15.5 Å². The van der Waals surface area contributed by atoms with Crippen molar-refractivity contribution in [1.82, 2.24) is 14.3 Å². The van der Waals surface area contributed by atoms with E-state index in [4.69, 9.17) is 4.98 Å². The van der Waals surface area contributed by atoms with E-state index in [1.165, 1.54) is 18.2 Å². The molecule has 0 fully saturated rings. The lowest BCUT2D eigenvalue weighted by Crippen LogP contribution is -2.40. The number of halogens is 3. The number of hydrogen-bond donors (Lipinski definition) is 2. The molecule has 2 amide bonds. The van der Waals surface area contributed by atoms with Crippen LogP contribution < -0.4 is 10.0 Å². The maximum Gasteiger partial charge on any atom is 0.516 e. The van der Waals surface area contributed by atoms with Gasteiger partial charge in [-0.2, -0.15) is 21.6 Å². The van der Waals surface area contributed by atoms with Crippen molar-refractivity contribution >= 4 is 39.1 Å². The first kappa shape index (κ1) is 27.8. The lowest BCUT2D eigenvalue weighted by molar-refractivity contribution is -0.105. The van der Waals surface area contributed by atoms with Crippen LogP contribution in [0.2, 0.25) is 0 Å². The maximum absolute atomic E-state index is 12.8. The van der Waals surface area contributed by atoms with Crippen LogP contribution in [0, 0.1) is 0 Å². The van der Waals surface area contributed by atoms with Crippen LogP contribution in [0.5, 0.6) is 0 Å². The van der Waals surface area contributed by atoms with Crippen molar-refractivity contribution in [1.29, 1.82) is 0 Å². The summed E-state index contributed by atoms with van der Waals surface area (Å²) < 4.78 is 64.3. The number of unbranched alkanes of at least 4 members (excludes halogenated alkanes) is 1. The predicted molar refractivity (Wildman–Crippen MR) is 141 cm³/mol. The number of amides is 2. The minimum Gasteiger partial charge on any atom is -0.329 e. The summed E-state index contributed by atoms with van der Waals surface area (Å²) in [5.74, 6) is -0.479. The van der Waals surface area contributed by atoms with Gasteiger partial charge in [-0.25, -0.2) is 9.71 Å². The average Bonchev–Trinajstić information content (AvgIpc) is 3.23. The Hall–Kier alpha value is -4.19. The number of anilines is 1. The van der Waals surface area contributed by atoms with Crippen molar-refractivity contribution in [3.63, 3.8) is 0 Å². The number of carbonyl (C=O) groups is 2. The van der Waals surface area contributed by atoms with Gasteiger partial charge in [0.2, 0.25) is 6.41 Å². The Labute approximate surface area is 222 Å². The van der Waals surface area contributed by atoms with E-state index in [-0.39, 0.29) is 11.1 Å². The molecule has 4 rings (SSSR count). The zero-order valence-electron chi connectivity index (χ0n) is 20.8. The third kappa shape index (κ3) is 6.11. The maximum atomic E-state index is 12.8. The van der Waals surface area contributed by atoms with E-state index in [0.717, 1.165) is 46.4 Å². The van der Waals surface area contributed by atoms with E-state index in [1.54, 1.807) is 30.3 Å². The lowest BCUT2D eigenvalue weighted by atomic mass is 9.98. The zero-order valence-corrected chi connectivity index (χ0v) is 21.6. The second-order valence-corrected chi connectivity index (χ2v) is 10.5. The summed E-state index contributed by atoms with van der Waals surface area (Å²) >= 11 is 0. The molecular formula is C27H25F3N4O4S. The van der Waals surface area contributed by atoms with Crippen LogP contribution >= 0.6 is 0 Å². The number of imidazole rings is 1. The number of alkyl halides is 3. The first-order valence-corrected chi connectivity index (χ1v) is 13.5. The molecule has 204 valence electrons. The van der Waals surface area contributed by atoms with E-state index in [2.05, 4.69) is 16.8 Å². The molecule has 2 N–H and O–H groups in total. The Kier molecular flexibility index (Phi) is 8.05. The summed E-state index contributed by atoms with van der Waals surface area (Å²) in [6.45, 7) is 2.58. The normalized spacial score (nSPS) is 11.9. The molecule has 0 bridgehead atoms. The Balaban J connectivity index is 1.63. The third-order valence-corrected chi connectivity index (χ3v) is 7.18. The number of hydrogen-bond acceptors (Lipinski definition) is 5. The second kappa shape index (κ2) is 11.3. The molecule has 0 aliphatic heterocycles. The summed E-state index contributed by atoms with van der Waals surface area (Å²) in [7, 11) is -5.84. The molecule has 0 aliphatic carbocycles. The fraction of sp³-hybridized carbons (Fsp3) is 0.222. The highest BCUT2D eigenvalue weighted by molar-refractivity contribution is 7.90. The smallest absolute Gasteiger partial charge is 0.329 e. The standard InChI is InChI=1S/C27H25F3N4O4S/c1-2-3-8-25-32-23-15-20(31-17-35)13-14-24(23)34(25)16-18-9-11-19(12-10-18)21-6-4-5-7-22(21)26(36)33-39(37,38)27(28,29)30/h4-7,9-15,17H,2-3,8,16H2,1H3,(H,31,35)(H,33,36). The highest BCUT2D eigenvalue weighted by Crippen LogP contribution is 2.28. The SMILES string of the molecule is CCCCc1nc2cc(NC=O)ccc2n1Cc1ccc(-c2ccccc2C(=O)NS(=O)(=O)C(F)(F)F)cc1. The molecule has 0 spiro atoms. The third-order valence-electron chi connectivity index (χ3n) is 6.12. The first-order chi connectivity index (χ1) is 18.5. The predicted octanol–water partition coefficient (Wildman–Crippen LogP) is 5.24. The summed E-state index contributed by atoms with van der Waals surface area (Å²) in [6, 6.07) is 18.4. The van der Waals surface area contributed by atoms with Crippen LogP contribution in [-0.2, 0) is 27.8 Å². The van der Waals surface area contributed by atoms with Gasteiger partial charge in [-0.1, -0.05) is 55.8 Å². The molecule has 0 saturated carbocycles. The van der Waals surface area contributed by atoms with Gasteiger partial charge in [-0.05, 0) is 47.4 Å². The van der Waals surface area contributed by atoms with Crippen molar-refractivity contribution in [2.24, 2.45) is 0 Å². The van der Waals surface area contributed by atoms with E-state index in [9.17, 15) is 31.2 Å². The van der Waals surface area contributed by atoms with Gasteiger partial charge < -0.3 is 9.88 Å². The second-order valence-electron chi connectivity index (χ2n) is 8.81. The van der Waals surface area contributed by atoms with Gasteiger partial charge in [-0.3, -0.25) is 9.59 Å². The van der Waals surface area contributed by atoms with Crippen molar-refractivity contribution in [3.8, 4) is 11.1 Å². The van der Waals surface area contributed by atoms with Crippen molar-refractivity contribution < 1.29 is 31.2 Å². The molecule has 8 nitrogen and oxygen atoms in total. The summed E-state index contributed by atoms with van der Waals surface area (Å²) in [5, 5.41) is 2.63. The summed E-state index contributed by atoms with van der Waals surface area (Å²) in [6.07, 6.45) is 3.31. The van der Waals surface area contributed by atoms with Gasteiger partial charge in [-0.15, -0.1) is 0 Å². The van der Waals surface area contributed by atoms with Crippen LogP contribution in [0.4, 0.5) is 18.9 Å². The summed E-state index contributed by atoms with van der Waals surface area (Å²) in [4.78, 5) is 28.1. The van der Waals surface area contributed by atoms with Crippen LogP contribution in [-0.4, -0.2) is 35.8 Å². The average molecular weight is 559 g/mol. The molecule has 1 heterocycles. The highest BCUT2D eigenvalue weighted by atomic mass is 32.2. The van der Waals surface area contributed by atoms with Gasteiger partial charge in [0.25, 0.3) is 5.91 Å². The Morgan fingerprint density at radius 3 is 2.44 bits per heavy atom. The number of aryl methyl sites for hydroxylation is 1. The van der Waals surface area contributed by atoms with E-state index >= 15 is 0 Å². The van der Waals surface area contributed by atoms with E-state index in [0.29, 0.717) is 24.2 Å². The number of rotatable bonds is 10. The fourth-order valence-electron chi connectivity index (χ4n) is 4.18. The van der Waals surface area contributed by atoms with Crippen LogP contribution in [0.25, 0.3) is 22.2 Å². The Bertz CT molecular complexity index is 1610. The number of nitrogens with zero attached hydrogens (tertiary/aromatic N) is 2. The lowest BCUT2D eigenvalue weighted by Gasteiger charge is -2.13. The molecular weight excluding hydrogens is 533 g/mol. The van der Waals surface area contributed by atoms with E-state index < -0.39 is 21.4 Å². The molecule has 39 heavy (non-hydrogen) atoms. The molecule has 0 aliphatic rings. The molecule has 0 radical (unpaired) electrons. The zero-order chi connectivity index (χ0) is 28.2. The number of carbonyl (C=O) groups excluding carboxylic acids is 2. The van der Waals surface area contributed by atoms with Crippen molar-refractivity contribution in [2.75, 3.05) is 5.32 Å². The quantitative estimate of drug-likeness (QED) is 0.259. The number of benzene rings is 3. The van der Waals surface area contributed by atoms with Crippen LogP contribution in [0.3, 0.4) is 0 Å². The number of sulfonamides is 1. The molecule has 3 aromatic carbocycles. The Morgan fingerprint density at radius 2 is 1.77 bits per heavy atom. The largest absolute Gasteiger partial charge is 0.516 e. The summed E-state index contributed by atoms with van der Waals surface area (Å²) in [5.41, 5.74) is -1.81. The molecule has 12 heteroatoms. The van der Waals surface area contributed by atoms with Crippen molar-refractivity contribution in [2.45, 2.75) is 38.2 Å². The topological polar surface area (TPSA) is 110 Å². The van der Waals surface area contributed by atoms with Gasteiger partial charge in [0, 0.05) is 24.2 Å². The number of nitrogens with one attached hydrogen (secondary N) is 2. The number of fused-ring (bicyclic) bond motifs is 1. The fourth-order valence-corrected chi connectivity index (χ4v) is 4.65.